The average Bonchev–Trinajstić information content (AvgIpc) is 3.11. The predicted molar refractivity (Wildman–Crippen MR) is 101 cm³/mol. The molecule has 0 spiro atoms. The molecule has 1 amide bonds. The number of oxazole rings is 1. The third-order valence-corrected chi connectivity index (χ3v) is 4.79. The maximum Gasteiger partial charge on any atom is 0.254 e. The fraction of sp³-hybridized carbons (Fsp3) is 0.273. The van der Waals surface area contributed by atoms with Crippen LogP contribution in [0.1, 0.15) is 41.6 Å². The second-order valence-corrected chi connectivity index (χ2v) is 7.53. The molecule has 6 heteroatoms. The third-order valence-electron chi connectivity index (χ3n) is 4.79. The van der Waals surface area contributed by atoms with E-state index in [1.54, 1.807) is 4.90 Å². The molecule has 0 saturated carbocycles. The highest BCUT2D eigenvalue weighted by Crippen LogP contribution is 2.34. The summed E-state index contributed by atoms with van der Waals surface area (Å²) in [5, 5.41) is 0. The summed E-state index contributed by atoms with van der Waals surface area (Å²) in [6.07, 6.45) is 0. The molecule has 0 radical (unpaired) electrons. The number of fused-ring (bicyclic) bond motifs is 1. The molecule has 0 N–H and O–H groups in total. The van der Waals surface area contributed by atoms with Crippen molar-refractivity contribution in [1.29, 1.82) is 0 Å². The molecule has 0 bridgehead atoms. The summed E-state index contributed by atoms with van der Waals surface area (Å²) in [7, 11) is 0. The van der Waals surface area contributed by atoms with E-state index in [4.69, 9.17) is 9.15 Å². The monoisotopic (exact) mass is 380 g/mol. The van der Waals surface area contributed by atoms with Gasteiger partial charge < -0.3 is 14.1 Å². The van der Waals surface area contributed by atoms with E-state index in [2.05, 4.69) is 4.98 Å². The number of carbonyl (C=O) groups is 1. The lowest BCUT2D eigenvalue weighted by molar-refractivity contribution is 0.0663. The number of carbonyl (C=O) groups excluding carboxylic acids is 1. The predicted octanol–water partition coefficient (Wildman–Crippen LogP) is 4.33. The quantitative estimate of drug-likeness (QED) is 0.676. The van der Waals surface area contributed by atoms with Crippen molar-refractivity contribution in [3.63, 3.8) is 0 Å². The van der Waals surface area contributed by atoms with Crippen molar-refractivity contribution in [1.82, 2.24) is 9.88 Å². The molecule has 4 rings (SSSR count). The molecule has 5 nitrogen and oxygen atoms in total. The molecule has 1 aliphatic heterocycles. The smallest absolute Gasteiger partial charge is 0.254 e. The number of nitrogens with zero attached hydrogens (tertiary/aromatic N) is 2. The van der Waals surface area contributed by atoms with Gasteiger partial charge in [0.1, 0.15) is 17.3 Å². The van der Waals surface area contributed by atoms with Crippen LogP contribution in [-0.4, -0.2) is 22.3 Å². The minimum Gasteiger partial charge on any atom is -0.484 e. The van der Waals surface area contributed by atoms with Crippen LogP contribution in [-0.2, 0) is 18.6 Å². The van der Waals surface area contributed by atoms with E-state index < -0.39 is 0 Å². The highest BCUT2D eigenvalue weighted by molar-refractivity contribution is 5.94. The lowest BCUT2D eigenvalue weighted by Crippen LogP contribution is -2.45. The van der Waals surface area contributed by atoms with Gasteiger partial charge in [-0.25, -0.2) is 9.37 Å². The lowest BCUT2D eigenvalue weighted by atomic mass is 9.84. The lowest BCUT2D eigenvalue weighted by Gasteiger charge is -2.36. The number of rotatable bonds is 4. The fourth-order valence-electron chi connectivity index (χ4n) is 3.46. The van der Waals surface area contributed by atoms with Crippen molar-refractivity contribution in [3.05, 3.63) is 83.3 Å². The zero-order valence-electron chi connectivity index (χ0n) is 15.8. The van der Waals surface area contributed by atoms with Gasteiger partial charge in [-0.1, -0.05) is 32.0 Å². The highest BCUT2D eigenvalue weighted by Gasteiger charge is 2.38. The zero-order chi connectivity index (χ0) is 19.7. The minimum absolute atomic E-state index is 0.155. The number of halogens is 1. The summed E-state index contributed by atoms with van der Waals surface area (Å²) in [5.41, 5.74) is 0.938. The average molecular weight is 380 g/mol. The van der Waals surface area contributed by atoms with Gasteiger partial charge in [0.25, 0.3) is 5.91 Å². The van der Waals surface area contributed by atoms with Crippen molar-refractivity contribution in [2.24, 2.45) is 0 Å². The molecular formula is C22H21FN2O3. The molecule has 3 aromatic rings. The summed E-state index contributed by atoms with van der Waals surface area (Å²) in [4.78, 5) is 19.2. The Bertz CT molecular complexity index is 981. The molecule has 0 aliphatic carbocycles. The fourth-order valence-corrected chi connectivity index (χ4v) is 3.46. The van der Waals surface area contributed by atoms with Crippen LogP contribution in [0.4, 0.5) is 4.39 Å². The molecule has 1 aliphatic rings. The minimum atomic E-state index is -0.365. The Morgan fingerprint density at radius 1 is 1.18 bits per heavy atom. The summed E-state index contributed by atoms with van der Waals surface area (Å²) in [6, 6.07) is 15.1. The second-order valence-electron chi connectivity index (χ2n) is 7.53. The molecule has 0 fully saturated rings. The van der Waals surface area contributed by atoms with Crippen LogP contribution in [0.15, 0.2) is 59.0 Å². The van der Waals surface area contributed by atoms with Gasteiger partial charge in [0.15, 0.2) is 6.61 Å². The number of benzene rings is 2. The summed E-state index contributed by atoms with van der Waals surface area (Å²) in [5.74, 6) is 1.37. The molecule has 0 atom stereocenters. The number of ether oxygens (including phenoxy) is 1. The Morgan fingerprint density at radius 3 is 2.61 bits per heavy atom. The summed E-state index contributed by atoms with van der Waals surface area (Å²) < 4.78 is 24.8. The Balaban J connectivity index is 1.53. The van der Waals surface area contributed by atoms with E-state index in [1.807, 2.05) is 44.2 Å². The van der Waals surface area contributed by atoms with E-state index in [1.165, 1.54) is 24.3 Å². The highest BCUT2D eigenvalue weighted by atomic mass is 19.1. The van der Waals surface area contributed by atoms with Gasteiger partial charge in [0.05, 0.1) is 12.2 Å². The molecule has 2 aromatic carbocycles. The van der Waals surface area contributed by atoms with Crippen LogP contribution in [0.25, 0.3) is 0 Å². The van der Waals surface area contributed by atoms with Crippen LogP contribution >= 0.6 is 0 Å². The topological polar surface area (TPSA) is 55.6 Å². The number of hydrogen-bond acceptors (Lipinski definition) is 4. The van der Waals surface area contributed by atoms with Gasteiger partial charge >= 0.3 is 0 Å². The van der Waals surface area contributed by atoms with Crippen LogP contribution in [0.2, 0.25) is 0 Å². The van der Waals surface area contributed by atoms with Crippen molar-refractivity contribution in [3.8, 4) is 5.75 Å². The first-order chi connectivity index (χ1) is 13.4. The molecule has 1 aromatic heterocycles. The van der Waals surface area contributed by atoms with E-state index >= 15 is 0 Å². The first-order valence-electron chi connectivity index (χ1n) is 9.14. The largest absolute Gasteiger partial charge is 0.484 e. The van der Waals surface area contributed by atoms with Gasteiger partial charge in [-0.3, -0.25) is 4.79 Å². The Kier molecular flexibility index (Phi) is 4.63. The van der Waals surface area contributed by atoms with E-state index in [0.717, 1.165) is 11.4 Å². The molecular weight excluding hydrogens is 359 g/mol. The second kappa shape index (κ2) is 7.11. The normalized spacial score (nSPS) is 15.2. The van der Waals surface area contributed by atoms with Crippen molar-refractivity contribution < 1.29 is 18.3 Å². The van der Waals surface area contributed by atoms with E-state index in [0.29, 0.717) is 30.3 Å². The van der Waals surface area contributed by atoms with Crippen LogP contribution in [0.5, 0.6) is 5.75 Å². The van der Waals surface area contributed by atoms with Gasteiger partial charge in [-0.2, -0.15) is 0 Å². The number of hydrogen-bond donors (Lipinski definition) is 0. The van der Waals surface area contributed by atoms with Crippen molar-refractivity contribution in [2.75, 3.05) is 6.54 Å². The Labute approximate surface area is 162 Å². The van der Waals surface area contributed by atoms with Gasteiger partial charge in [-0.05, 0) is 36.4 Å². The molecule has 28 heavy (non-hydrogen) atoms. The zero-order valence-corrected chi connectivity index (χ0v) is 15.8. The summed E-state index contributed by atoms with van der Waals surface area (Å²) >= 11 is 0. The maximum absolute atomic E-state index is 13.2. The van der Waals surface area contributed by atoms with Crippen molar-refractivity contribution >= 4 is 5.91 Å². The maximum atomic E-state index is 13.2. The van der Waals surface area contributed by atoms with Gasteiger partial charge in [-0.15, -0.1) is 0 Å². The number of aromatic nitrogens is 1. The van der Waals surface area contributed by atoms with Gasteiger partial charge in [0.2, 0.25) is 5.89 Å². The standard InChI is InChI=1S/C22H21FN2O3/c1-22(2)14-25(21(26)15-8-10-16(23)11-9-15)12-18-20(22)24-19(28-18)13-27-17-6-4-3-5-7-17/h3-11H,12-14H2,1-2H3. The third kappa shape index (κ3) is 3.63. The Morgan fingerprint density at radius 2 is 1.89 bits per heavy atom. The van der Waals surface area contributed by atoms with E-state index in [-0.39, 0.29) is 23.7 Å². The first kappa shape index (κ1) is 18.2. The van der Waals surface area contributed by atoms with Crippen LogP contribution in [0.3, 0.4) is 0 Å². The molecule has 0 unspecified atom stereocenters. The van der Waals surface area contributed by atoms with Crippen LogP contribution < -0.4 is 4.74 Å². The Hall–Kier alpha value is -3.15. The molecule has 2 heterocycles. The molecule has 0 saturated heterocycles. The summed E-state index contributed by atoms with van der Waals surface area (Å²) in [6.45, 7) is 5.11. The van der Waals surface area contributed by atoms with Crippen LogP contribution in [0, 0.1) is 5.82 Å². The molecule has 144 valence electrons. The van der Waals surface area contributed by atoms with E-state index in [9.17, 15) is 9.18 Å². The SMILES string of the molecule is CC1(C)CN(C(=O)c2ccc(F)cc2)Cc2oc(COc3ccccc3)nc21. The first-order valence-corrected chi connectivity index (χ1v) is 9.14. The number of amides is 1. The van der Waals surface area contributed by atoms with Crippen molar-refractivity contribution in [2.45, 2.75) is 32.4 Å². The number of para-hydroxylation sites is 1. The van der Waals surface area contributed by atoms with Gasteiger partial charge in [0, 0.05) is 17.5 Å².